The van der Waals surface area contributed by atoms with Crippen LogP contribution in [0.25, 0.3) is 10.9 Å². The zero-order valence-electron chi connectivity index (χ0n) is 12.5. The maximum absolute atomic E-state index is 6.02. The lowest BCUT2D eigenvalue weighted by atomic mass is 9.90. The topological polar surface area (TPSA) is 42.1 Å². The Morgan fingerprint density at radius 2 is 2.00 bits per heavy atom. The maximum Gasteiger partial charge on any atom is 0.0723 e. The highest BCUT2D eigenvalue weighted by Crippen LogP contribution is 2.42. The molecule has 2 aliphatic rings. The van der Waals surface area contributed by atoms with E-state index in [4.69, 9.17) is 5.73 Å². The van der Waals surface area contributed by atoms with Crippen LogP contribution < -0.4 is 10.6 Å². The number of fused-ring (bicyclic) bond motifs is 2. The molecule has 0 amide bonds. The van der Waals surface area contributed by atoms with Gasteiger partial charge in [-0.15, -0.1) is 0 Å². The molecule has 4 rings (SSSR count). The van der Waals surface area contributed by atoms with Gasteiger partial charge in [0.05, 0.1) is 11.2 Å². The average molecular weight is 281 g/mol. The number of nitrogens with zero attached hydrogens (tertiary/aromatic N) is 2. The Morgan fingerprint density at radius 1 is 1.14 bits per heavy atom. The summed E-state index contributed by atoms with van der Waals surface area (Å²) in [5.41, 5.74) is 9.66. The first kappa shape index (κ1) is 13.1. The van der Waals surface area contributed by atoms with E-state index in [2.05, 4.69) is 34.1 Å². The first-order chi connectivity index (χ1) is 10.4. The van der Waals surface area contributed by atoms with Crippen LogP contribution >= 0.6 is 0 Å². The third-order valence-corrected chi connectivity index (χ3v) is 5.32. The molecule has 2 unspecified atom stereocenters. The van der Waals surface area contributed by atoms with Crippen LogP contribution in [0, 0.1) is 5.92 Å². The third-order valence-electron chi connectivity index (χ3n) is 5.32. The molecule has 1 aromatic heterocycles. The molecule has 2 fully saturated rings. The summed E-state index contributed by atoms with van der Waals surface area (Å²) in [7, 11) is 0. The molecule has 3 nitrogen and oxygen atoms in total. The van der Waals surface area contributed by atoms with E-state index in [1.165, 1.54) is 55.3 Å². The van der Waals surface area contributed by atoms with Crippen molar-refractivity contribution in [3.63, 3.8) is 0 Å². The lowest BCUT2D eigenvalue weighted by Gasteiger charge is -2.41. The molecule has 1 saturated carbocycles. The van der Waals surface area contributed by atoms with E-state index < -0.39 is 0 Å². The Hall–Kier alpha value is -1.61. The van der Waals surface area contributed by atoms with Crippen LogP contribution in [0.4, 0.5) is 5.69 Å². The molecular formula is C18H23N3. The molecule has 3 heteroatoms. The van der Waals surface area contributed by atoms with Gasteiger partial charge in [-0.1, -0.05) is 24.6 Å². The maximum atomic E-state index is 6.02. The second-order valence-corrected chi connectivity index (χ2v) is 6.45. The van der Waals surface area contributed by atoms with Crippen molar-refractivity contribution in [2.75, 3.05) is 11.4 Å². The zero-order chi connectivity index (χ0) is 14.2. The molecule has 1 aliphatic carbocycles. The van der Waals surface area contributed by atoms with Crippen molar-refractivity contribution < 1.29 is 0 Å². The number of aromatic nitrogens is 1. The first-order valence-corrected chi connectivity index (χ1v) is 8.22. The van der Waals surface area contributed by atoms with Gasteiger partial charge in [-0.2, -0.15) is 0 Å². The Balaban J connectivity index is 1.87. The van der Waals surface area contributed by atoms with E-state index in [-0.39, 0.29) is 0 Å². The predicted octanol–water partition coefficient (Wildman–Crippen LogP) is 3.46. The molecule has 110 valence electrons. The number of pyridine rings is 1. The third kappa shape index (κ3) is 2.11. The summed E-state index contributed by atoms with van der Waals surface area (Å²) >= 11 is 0. The Bertz CT molecular complexity index is 652. The lowest BCUT2D eigenvalue weighted by molar-refractivity contribution is 0.362. The van der Waals surface area contributed by atoms with Gasteiger partial charge in [0.25, 0.3) is 0 Å². The highest BCUT2D eigenvalue weighted by atomic mass is 15.2. The van der Waals surface area contributed by atoms with Crippen molar-refractivity contribution in [1.29, 1.82) is 0 Å². The summed E-state index contributed by atoms with van der Waals surface area (Å²) in [6.45, 7) is 1.74. The first-order valence-electron chi connectivity index (χ1n) is 8.22. The van der Waals surface area contributed by atoms with Crippen molar-refractivity contribution in [3.05, 3.63) is 36.0 Å². The van der Waals surface area contributed by atoms with Gasteiger partial charge in [0.2, 0.25) is 0 Å². The number of nitrogens with two attached hydrogens (primary N) is 1. The zero-order valence-corrected chi connectivity index (χ0v) is 12.5. The Labute approximate surface area is 126 Å². The van der Waals surface area contributed by atoms with Crippen LogP contribution in [-0.4, -0.2) is 17.6 Å². The van der Waals surface area contributed by atoms with Crippen LogP contribution in [0.2, 0.25) is 0 Å². The summed E-state index contributed by atoms with van der Waals surface area (Å²) < 4.78 is 0. The molecular weight excluding hydrogens is 258 g/mol. The highest BCUT2D eigenvalue weighted by molar-refractivity contribution is 5.93. The minimum absolute atomic E-state index is 0.570. The monoisotopic (exact) mass is 281 g/mol. The fourth-order valence-electron chi connectivity index (χ4n) is 4.39. The molecule has 1 saturated heterocycles. The van der Waals surface area contributed by atoms with Gasteiger partial charge < -0.3 is 10.6 Å². The normalized spacial score (nSPS) is 25.3. The van der Waals surface area contributed by atoms with Crippen LogP contribution in [0.15, 0.2) is 30.5 Å². The summed E-state index contributed by atoms with van der Waals surface area (Å²) in [5.74, 6) is 0.885. The number of anilines is 1. The summed E-state index contributed by atoms with van der Waals surface area (Å²) in [6.07, 6.45) is 8.82. The van der Waals surface area contributed by atoms with E-state index in [1.54, 1.807) is 0 Å². The van der Waals surface area contributed by atoms with E-state index in [0.717, 1.165) is 17.5 Å². The van der Waals surface area contributed by atoms with Crippen molar-refractivity contribution in [3.8, 4) is 0 Å². The van der Waals surface area contributed by atoms with E-state index in [9.17, 15) is 0 Å². The molecule has 0 bridgehead atoms. The van der Waals surface area contributed by atoms with Crippen molar-refractivity contribution >= 4 is 16.6 Å². The molecule has 0 spiro atoms. The molecule has 2 heterocycles. The molecule has 2 aromatic rings. The highest BCUT2D eigenvalue weighted by Gasteiger charge is 2.36. The minimum atomic E-state index is 0.570. The minimum Gasteiger partial charge on any atom is -0.367 e. The van der Waals surface area contributed by atoms with Crippen LogP contribution in [0.3, 0.4) is 0 Å². The molecule has 1 aromatic carbocycles. The quantitative estimate of drug-likeness (QED) is 0.916. The summed E-state index contributed by atoms with van der Waals surface area (Å²) in [5, 5.41) is 1.27. The fraction of sp³-hybridized carbons (Fsp3) is 0.500. The van der Waals surface area contributed by atoms with Crippen molar-refractivity contribution in [2.24, 2.45) is 11.7 Å². The van der Waals surface area contributed by atoms with Crippen LogP contribution in [-0.2, 0) is 6.54 Å². The number of benzene rings is 1. The number of hydrogen-bond acceptors (Lipinski definition) is 3. The molecule has 1 aliphatic heterocycles. The second-order valence-electron chi connectivity index (χ2n) is 6.45. The van der Waals surface area contributed by atoms with E-state index >= 15 is 0 Å². The van der Waals surface area contributed by atoms with Crippen LogP contribution in [0.1, 0.15) is 37.7 Å². The standard InChI is InChI=1S/C18H23N3/c19-11-14-12-20-16-8-2-1-7-15(16)18(14)21-10-4-6-13-5-3-9-17(13)21/h1-2,7-8,12-13,17H,3-6,9-11,19H2. The number of hydrogen-bond donors (Lipinski definition) is 1. The van der Waals surface area contributed by atoms with Gasteiger partial charge in [-0.25, -0.2) is 0 Å². The molecule has 2 N–H and O–H groups in total. The van der Waals surface area contributed by atoms with Gasteiger partial charge in [0.15, 0.2) is 0 Å². The van der Waals surface area contributed by atoms with Gasteiger partial charge in [0.1, 0.15) is 0 Å². The average Bonchev–Trinajstić information content (AvgIpc) is 3.02. The van der Waals surface area contributed by atoms with Gasteiger partial charge in [0, 0.05) is 36.3 Å². The summed E-state index contributed by atoms with van der Waals surface area (Å²) in [6, 6.07) is 9.21. The number of para-hydroxylation sites is 1. The smallest absolute Gasteiger partial charge is 0.0723 e. The number of rotatable bonds is 2. The molecule has 0 radical (unpaired) electrons. The van der Waals surface area contributed by atoms with Gasteiger partial charge in [-0.3, -0.25) is 4.98 Å². The Kier molecular flexibility index (Phi) is 3.30. The Morgan fingerprint density at radius 3 is 2.90 bits per heavy atom. The van der Waals surface area contributed by atoms with Crippen molar-refractivity contribution in [2.45, 2.75) is 44.7 Å². The fourth-order valence-corrected chi connectivity index (χ4v) is 4.39. The van der Waals surface area contributed by atoms with E-state index in [1.807, 2.05) is 6.20 Å². The number of piperidine rings is 1. The van der Waals surface area contributed by atoms with Crippen LogP contribution in [0.5, 0.6) is 0 Å². The van der Waals surface area contributed by atoms with Crippen molar-refractivity contribution in [1.82, 2.24) is 4.98 Å². The van der Waals surface area contributed by atoms with Gasteiger partial charge >= 0.3 is 0 Å². The SMILES string of the molecule is NCc1cnc2ccccc2c1N1CCCC2CCCC21. The van der Waals surface area contributed by atoms with Gasteiger partial charge in [-0.05, 0) is 37.7 Å². The molecule has 21 heavy (non-hydrogen) atoms. The molecule has 2 atom stereocenters. The largest absolute Gasteiger partial charge is 0.367 e. The lowest BCUT2D eigenvalue weighted by Crippen LogP contribution is -2.43. The predicted molar refractivity (Wildman–Crippen MR) is 87.3 cm³/mol. The van der Waals surface area contributed by atoms with E-state index in [0.29, 0.717) is 6.54 Å². The second kappa shape index (κ2) is 5.30. The summed E-state index contributed by atoms with van der Waals surface area (Å²) in [4.78, 5) is 7.25.